The SMILES string of the molecule is COc1cccc(N2CC[C@H](CNCc3c(Cl)cnn3C)C2)c1. The Labute approximate surface area is 142 Å². The quantitative estimate of drug-likeness (QED) is 0.882. The molecule has 1 aliphatic heterocycles. The van der Waals surface area contributed by atoms with Crippen molar-refractivity contribution in [3.8, 4) is 5.75 Å². The van der Waals surface area contributed by atoms with Gasteiger partial charge in [0.25, 0.3) is 0 Å². The normalized spacial score (nSPS) is 17.7. The summed E-state index contributed by atoms with van der Waals surface area (Å²) in [7, 11) is 3.63. The summed E-state index contributed by atoms with van der Waals surface area (Å²) in [6.07, 6.45) is 2.89. The summed E-state index contributed by atoms with van der Waals surface area (Å²) in [5.41, 5.74) is 2.27. The minimum Gasteiger partial charge on any atom is -0.497 e. The van der Waals surface area contributed by atoms with Crippen LogP contribution in [0.15, 0.2) is 30.5 Å². The first-order valence-electron chi connectivity index (χ1n) is 7.93. The van der Waals surface area contributed by atoms with Crippen LogP contribution in [0.3, 0.4) is 0 Å². The first kappa shape index (κ1) is 16.1. The molecule has 0 unspecified atom stereocenters. The molecule has 124 valence electrons. The Morgan fingerprint density at radius 1 is 1.43 bits per heavy atom. The van der Waals surface area contributed by atoms with Crippen molar-refractivity contribution in [1.82, 2.24) is 15.1 Å². The van der Waals surface area contributed by atoms with E-state index < -0.39 is 0 Å². The van der Waals surface area contributed by atoms with E-state index in [-0.39, 0.29) is 0 Å². The zero-order valence-electron chi connectivity index (χ0n) is 13.6. The second-order valence-corrected chi connectivity index (χ2v) is 6.40. The largest absolute Gasteiger partial charge is 0.497 e. The Balaban J connectivity index is 1.50. The summed E-state index contributed by atoms with van der Waals surface area (Å²) in [6.45, 7) is 3.90. The van der Waals surface area contributed by atoms with Gasteiger partial charge in [0.2, 0.25) is 0 Å². The van der Waals surface area contributed by atoms with Crippen LogP contribution in [0.4, 0.5) is 5.69 Å². The van der Waals surface area contributed by atoms with Gasteiger partial charge in [0.05, 0.1) is 24.0 Å². The predicted octanol–water partition coefficient (Wildman–Crippen LogP) is 2.70. The van der Waals surface area contributed by atoms with Gasteiger partial charge in [0, 0.05) is 45.0 Å². The van der Waals surface area contributed by atoms with Gasteiger partial charge in [0.1, 0.15) is 5.75 Å². The Morgan fingerprint density at radius 3 is 3.04 bits per heavy atom. The van der Waals surface area contributed by atoms with Crippen molar-refractivity contribution in [1.29, 1.82) is 0 Å². The van der Waals surface area contributed by atoms with Gasteiger partial charge in [-0.2, -0.15) is 5.10 Å². The molecule has 1 aromatic heterocycles. The van der Waals surface area contributed by atoms with Gasteiger partial charge >= 0.3 is 0 Å². The number of aromatic nitrogens is 2. The van der Waals surface area contributed by atoms with Crippen LogP contribution in [0.2, 0.25) is 5.02 Å². The highest BCUT2D eigenvalue weighted by Gasteiger charge is 2.22. The second-order valence-electron chi connectivity index (χ2n) is 6.00. The standard InChI is InChI=1S/C17H23ClN4O/c1-21-17(16(18)10-20-21)11-19-9-13-6-7-22(12-13)14-4-3-5-15(8-14)23-2/h3-5,8,10,13,19H,6-7,9,11-12H2,1-2H3/t13-/m1/s1. The summed E-state index contributed by atoms with van der Waals surface area (Å²) in [5, 5.41) is 8.39. The van der Waals surface area contributed by atoms with E-state index in [0.717, 1.165) is 42.6 Å². The van der Waals surface area contributed by atoms with Crippen LogP contribution in [-0.4, -0.2) is 36.5 Å². The molecule has 23 heavy (non-hydrogen) atoms. The molecule has 0 saturated carbocycles. The van der Waals surface area contributed by atoms with Crippen LogP contribution >= 0.6 is 11.6 Å². The molecule has 2 aromatic rings. The number of methoxy groups -OCH3 is 1. The number of hydrogen-bond donors (Lipinski definition) is 1. The molecular weight excluding hydrogens is 312 g/mol. The lowest BCUT2D eigenvalue weighted by atomic mass is 10.1. The molecule has 1 aromatic carbocycles. The zero-order chi connectivity index (χ0) is 16.2. The number of benzene rings is 1. The van der Waals surface area contributed by atoms with E-state index in [9.17, 15) is 0 Å². The fourth-order valence-corrected chi connectivity index (χ4v) is 3.30. The van der Waals surface area contributed by atoms with Gasteiger partial charge in [-0.05, 0) is 24.5 Å². The molecule has 0 radical (unpaired) electrons. The molecule has 0 spiro atoms. The van der Waals surface area contributed by atoms with Crippen molar-refractivity contribution in [2.24, 2.45) is 13.0 Å². The molecule has 0 aliphatic carbocycles. The molecule has 2 heterocycles. The monoisotopic (exact) mass is 334 g/mol. The smallest absolute Gasteiger partial charge is 0.120 e. The lowest BCUT2D eigenvalue weighted by Crippen LogP contribution is -2.26. The van der Waals surface area contributed by atoms with Gasteiger partial charge in [-0.25, -0.2) is 0 Å². The highest BCUT2D eigenvalue weighted by atomic mass is 35.5. The second kappa shape index (κ2) is 7.23. The highest BCUT2D eigenvalue weighted by Crippen LogP contribution is 2.26. The van der Waals surface area contributed by atoms with Gasteiger partial charge in [-0.15, -0.1) is 0 Å². The minimum absolute atomic E-state index is 0.646. The van der Waals surface area contributed by atoms with Crippen molar-refractivity contribution >= 4 is 17.3 Å². The molecule has 0 bridgehead atoms. The molecule has 0 amide bonds. The number of hydrogen-bond acceptors (Lipinski definition) is 4. The average molecular weight is 335 g/mol. The summed E-state index contributed by atoms with van der Waals surface area (Å²) >= 11 is 6.13. The number of nitrogens with zero attached hydrogens (tertiary/aromatic N) is 3. The van der Waals surface area contributed by atoms with Crippen LogP contribution in [0.1, 0.15) is 12.1 Å². The number of aryl methyl sites for hydroxylation is 1. The van der Waals surface area contributed by atoms with E-state index in [4.69, 9.17) is 16.3 Å². The summed E-state index contributed by atoms with van der Waals surface area (Å²) in [5.74, 6) is 1.56. The Bertz CT molecular complexity index is 638. The van der Waals surface area contributed by atoms with Crippen LogP contribution in [0.5, 0.6) is 5.75 Å². The van der Waals surface area contributed by atoms with E-state index in [1.165, 1.54) is 12.1 Å². The van der Waals surface area contributed by atoms with E-state index in [1.54, 1.807) is 13.3 Å². The third-order valence-corrected chi connectivity index (χ3v) is 4.76. The molecule has 1 aliphatic rings. The number of nitrogens with one attached hydrogen (secondary N) is 1. The molecule has 1 fully saturated rings. The Kier molecular flexibility index (Phi) is 5.08. The summed E-state index contributed by atoms with van der Waals surface area (Å²) in [6, 6.07) is 8.28. The fraction of sp³-hybridized carbons (Fsp3) is 0.471. The van der Waals surface area contributed by atoms with Crippen molar-refractivity contribution in [2.45, 2.75) is 13.0 Å². The van der Waals surface area contributed by atoms with Crippen molar-refractivity contribution in [3.05, 3.63) is 41.2 Å². The van der Waals surface area contributed by atoms with Crippen LogP contribution < -0.4 is 15.0 Å². The molecule has 5 nitrogen and oxygen atoms in total. The first-order chi connectivity index (χ1) is 11.2. The fourth-order valence-electron chi connectivity index (χ4n) is 3.07. The van der Waals surface area contributed by atoms with Gasteiger partial charge in [-0.1, -0.05) is 17.7 Å². The number of ether oxygens (including phenoxy) is 1. The highest BCUT2D eigenvalue weighted by molar-refractivity contribution is 6.31. The molecular formula is C17H23ClN4O. The van der Waals surface area contributed by atoms with E-state index in [2.05, 4.69) is 27.4 Å². The van der Waals surface area contributed by atoms with Gasteiger partial charge in [-0.3, -0.25) is 4.68 Å². The van der Waals surface area contributed by atoms with E-state index in [0.29, 0.717) is 5.92 Å². The van der Waals surface area contributed by atoms with Crippen molar-refractivity contribution < 1.29 is 4.74 Å². The first-order valence-corrected chi connectivity index (χ1v) is 8.31. The Hall–Kier alpha value is -1.72. The molecule has 3 rings (SSSR count). The molecule has 6 heteroatoms. The Morgan fingerprint density at radius 2 is 2.30 bits per heavy atom. The third-order valence-electron chi connectivity index (χ3n) is 4.44. The van der Waals surface area contributed by atoms with E-state index in [1.807, 2.05) is 23.9 Å². The minimum atomic E-state index is 0.646. The zero-order valence-corrected chi connectivity index (χ0v) is 14.4. The number of halogens is 1. The third kappa shape index (κ3) is 3.79. The van der Waals surface area contributed by atoms with Crippen LogP contribution in [0, 0.1) is 5.92 Å². The van der Waals surface area contributed by atoms with Crippen LogP contribution in [0.25, 0.3) is 0 Å². The predicted molar refractivity (Wildman–Crippen MR) is 93.2 cm³/mol. The maximum absolute atomic E-state index is 6.13. The van der Waals surface area contributed by atoms with E-state index >= 15 is 0 Å². The topological polar surface area (TPSA) is 42.3 Å². The maximum atomic E-state index is 6.13. The molecule has 1 atom stereocenters. The lowest BCUT2D eigenvalue weighted by molar-refractivity contribution is 0.415. The average Bonchev–Trinajstić information content (AvgIpc) is 3.16. The summed E-state index contributed by atoms with van der Waals surface area (Å²) < 4.78 is 7.14. The lowest BCUT2D eigenvalue weighted by Gasteiger charge is -2.19. The number of rotatable bonds is 6. The van der Waals surface area contributed by atoms with Crippen LogP contribution in [-0.2, 0) is 13.6 Å². The summed E-state index contributed by atoms with van der Waals surface area (Å²) in [4.78, 5) is 2.42. The molecule has 1 N–H and O–H groups in total. The number of anilines is 1. The van der Waals surface area contributed by atoms with Crippen molar-refractivity contribution in [3.63, 3.8) is 0 Å². The molecule has 1 saturated heterocycles. The maximum Gasteiger partial charge on any atom is 0.120 e. The van der Waals surface area contributed by atoms with Gasteiger partial charge < -0.3 is 15.0 Å². The van der Waals surface area contributed by atoms with Crippen molar-refractivity contribution in [2.75, 3.05) is 31.6 Å². The van der Waals surface area contributed by atoms with Gasteiger partial charge in [0.15, 0.2) is 0 Å².